The summed E-state index contributed by atoms with van der Waals surface area (Å²) in [5.74, 6) is 2.61. The molecule has 0 aliphatic heterocycles. The van der Waals surface area contributed by atoms with Crippen molar-refractivity contribution in [3.05, 3.63) is 30.3 Å². The number of thioether (sulfide) groups is 1. The van der Waals surface area contributed by atoms with Gasteiger partial charge in [-0.25, -0.2) is 0 Å². The maximum atomic E-state index is 12.4. The second kappa shape index (κ2) is 9.78. The molecule has 0 heterocycles. The van der Waals surface area contributed by atoms with Crippen molar-refractivity contribution >= 4 is 17.7 Å². The molecule has 1 aromatic carbocycles. The van der Waals surface area contributed by atoms with Gasteiger partial charge >= 0.3 is 0 Å². The summed E-state index contributed by atoms with van der Waals surface area (Å²) in [7, 11) is 0. The quantitative estimate of drug-likeness (QED) is 0.678. The van der Waals surface area contributed by atoms with Crippen molar-refractivity contribution in [3.63, 3.8) is 0 Å². The van der Waals surface area contributed by atoms with Crippen LogP contribution in [0, 0.1) is 0 Å². The highest BCUT2D eigenvalue weighted by Crippen LogP contribution is 2.23. The number of benzene rings is 1. The molecule has 1 aliphatic rings. The van der Waals surface area contributed by atoms with Gasteiger partial charge in [-0.1, -0.05) is 37.5 Å². The Hall–Kier alpha value is -1.16. The molecule has 0 N–H and O–H groups in total. The third-order valence-corrected chi connectivity index (χ3v) is 5.05. The average Bonchev–Trinajstić information content (AvgIpc) is 2.57. The van der Waals surface area contributed by atoms with E-state index in [1.165, 1.54) is 32.1 Å². The van der Waals surface area contributed by atoms with Crippen LogP contribution >= 0.6 is 11.8 Å². The summed E-state index contributed by atoms with van der Waals surface area (Å²) in [6, 6.07) is 10.3. The van der Waals surface area contributed by atoms with E-state index in [1.54, 1.807) is 11.8 Å². The molecule has 0 radical (unpaired) electrons. The van der Waals surface area contributed by atoms with E-state index in [2.05, 4.69) is 11.8 Å². The Balaban J connectivity index is 1.63. The van der Waals surface area contributed by atoms with Gasteiger partial charge in [-0.05, 0) is 31.9 Å². The number of hydrogen-bond donors (Lipinski definition) is 0. The Morgan fingerprint density at radius 1 is 1.23 bits per heavy atom. The number of carbonyl (C=O) groups is 1. The van der Waals surface area contributed by atoms with Crippen LogP contribution in [-0.2, 0) is 4.79 Å². The van der Waals surface area contributed by atoms with Gasteiger partial charge in [0.1, 0.15) is 5.75 Å². The summed E-state index contributed by atoms with van der Waals surface area (Å²) in [6.07, 6.45) is 6.23. The molecule has 0 spiro atoms. The van der Waals surface area contributed by atoms with Crippen molar-refractivity contribution < 1.29 is 9.53 Å². The Bertz CT molecular complexity index is 432. The topological polar surface area (TPSA) is 29.5 Å². The molecule has 4 heteroatoms. The lowest BCUT2D eigenvalue weighted by Crippen LogP contribution is -2.42. The number of amides is 1. The van der Waals surface area contributed by atoms with Gasteiger partial charge in [0.2, 0.25) is 5.91 Å². The number of carbonyl (C=O) groups excluding carboxylic acids is 1. The Morgan fingerprint density at radius 3 is 2.64 bits per heavy atom. The van der Waals surface area contributed by atoms with E-state index in [-0.39, 0.29) is 0 Å². The summed E-state index contributed by atoms with van der Waals surface area (Å²) in [5.41, 5.74) is 0. The maximum absolute atomic E-state index is 12.4. The van der Waals surface area contributed by atoms with E-state index in [0.717, 1.165) is 18.0 Å². The maximum Gasteiger partial charge on any atom is 0.232 e. The van der Waals surface area contributed by atoms with Crippen molar-refractivity contribution in [1.82, 2.24) is 4.90 Å². The predicted molar refractivity (Wildman–Crippen MR) is 93.5 cm³/mol. The van der Waals surface area contributed by atoms with Crippen LogP contribution in [0.4, 0.5) is 0 Å². The highest BCUT2D eigenvalue weighted by Gasteiger charge is 2.23. The predicted octanol–water partition coefficient (Wildman–Crippen LogP) is 3.98. The molecule has 0 bridgehead atoms. The van der Waals surface area contributed by atoms with E-state index in [0.29, 0.717) is 24.3 Å². The Morgan fingerprint density at radius 2 is 1.95 bits per heavy atom. The highest BCUT2D eigenvalue weighted by atomic mass is 32.2. The van der Waals surface area contributed by atoms with Gasteiger partial charge in [0.05, 0.1) is 12.4 Å². The second-order valence-corrected chi connectivity index (χ2v) is 6.79. The first-order valence-corrected chi connectivity index (χ1v) is 9.51. The van der Waals surface area contributed by atoms with Gasteiger partial charge in [-0.3, -0.25) is 4.79 Å². The van der Waals surface area contributed by atoms with Crippen LogP contribution in [0.2, 0.25) is 0 Å². The molecule has 1 amide bonds. The largest absolute Gasteiger partial charge is 0.493 e. The van der Waals surface area contributed by atoms with Crippen molar-refractivity contribution in [2.45, 2.75) is 45.1 Å². The number of ether oxygens (including phenoxy) is 1. The molecular weight excluding hydrogens is 294 g/mol. The zero-order valence-electron chi connectivity index (χ0n) is 13.5. The SMILES string of the molecule is CCN(C(=O)CSCCOc1ccccc1)C1CCCCC1. The van der Waals surface area contributed by atoms with Gasteiger partial charge in [0, 0.05) is 18.3 Å². The monoisotopic (exact) mass is 321 g/mol. The van der Waals surface area contributed by atoms with Crippen LogP contribution in [0.25, 0.3) is 0 Å². The van der Waals surface area contributed by atoms with Crippen LogP contribution in [0.3, 0.4) is 0 Å². The fraction of sp³-hybridized carbons (Fsp3) is 0.611. The van der Waals surface area contributed by atoms with Crippen LogP contribution in [-0.4, -0.2) is 41.5 Å². The first-order valence-electron chi connectivity index (χ1n) is 8.36. The fourth-order valence-corrected chi connectivity index (χ4v) is 3.69. The van der Waals surface area contributed by atoms with Crippen LogP contribution in [0.15, 0.2) is 30.3 Å². The van der Waals surface area contributed by atoms with Crippen LogP contribution in [0.1, 0.15) is 39.0 Å². The molecule has 1 saturated carbocycles. The lowest BCUT2D eigenvalue weighted by Gasteiger charge is -2.33. The summed E-state index contributed by atoms with van der Waals surface area (Å²) in [4.78, 5) is 14.5. The van der Waals surface area contributed by atoms with Gasteiger partial charge in [-0.15, -0.1) is 11.8 Å². The first-order chi connectivity index (χ1) is 10.8. The summed E-state index contributed by atoms with van der Waals surface area (Å²) in [6.45, 7) is 3.58. The van der Waals surface area contributed by atoms with Crippen molar-refractivity contribution in [2.24, 2.45) is 0 Å². The minimum absolute atomic E-state index is 0.291. The Labute approximate surface area is 138 Å². The van der Waals surface area contributed by atoms with E-state index < -0.39 is 0 Å². The third kappa shape index (κ3) is 5.56. The van der Waals surface area contributed by atoms with Gasteiger partial charge in [0.25, 0.3) is 0 Å². The molecule has 1 fully saturated rings. The minimum atomic E-state index is 0.291. The first kappa shape index (κ1) is 17.2. The number of rotatable bonds is 8. The normalized spacial score (nSPS) is 15.5. The molecule has 122 valence electrons. The molecular formula is C18H27NO2S. The molecule has 3 nitrogen and oxygen atoms in total. The van der Waals surface area contributed by atoms with Crippen molar-refractivity contribution in [1.29, 1.82) is 0 Å². The zero-order chi connectivity index (χ0) is 15.6. The van der Waals surface area contributed by atoms with E-state index >= 15 is 0 Å². The summed E-state index contributed by atoms with van der Waals surface area (Å²) >= 11 is 1.67. The smallest absolute Gasteiger partial charge is 0.232 e. The summed E-state index contributed by atoms with van der Waals surface area (Å²) in [5, 5.41) is 0. The van der Waals surface area contributed by atoms with E-state index in [9.17, 15) is 4.79 Å². The van der Waals surface area contributed by atoms with Gasteiger partial charge < -0.3 is 9.64 Å². The van der Waals surface area contributed by atoms with Gasteiger partial charge in [0.15, 0.2) is 0 Å². The van der Waals surface area contributed by atoms with Crippen molar-refractivity contribution in [2.75, 3.05) is 24.7 Å². The van der Waals surface area contributed by atoms with E-state index in [1.807, 2.05) is 30.3 Å². The third-order valence-electron chi connectivity index (χ3n) is 4.14. The minimum Gasteiger partial charge on any atom is -0.493 e. The standard InChI is InChI=1S/C18H27NO2S/c1-2-19(16-9-5-3-6-10-16)18(20)15-22-14-13-21-17-11-7-4-8-12-17/h4,7-8,11-12,16H,2-3,5-6,9-10,13-15H2,1H3. The lowest BCUT2D eigenvalue weighted by molar-refractivity contribution is -0.131. The zero-order valence-corrected chi connectivity index (χ0v) is 14.3. The second-order valence-electron chi connectivity index (χ2n) is 5.69. The summed E-state index contributed by atoms with van der Waals surface area (Å²) < 4.78 is 5.65. The van der Waals surface area contributed by atoms with Crippen LogP contribution in [0.5, 0.6) is 5.75 Å². The lowest BCUT2D eigenvalue weighted by atomic mass is 9.94. The van der Waals surface area contributed by atoms with Crippen molar-refractivity contribution in [3.8, 4) is 5.75 Å². The highest BCUT2D eigenvalue weighted by molar-refractivity contribution is 7.99. The van der Waals surface area contributed by atoms with Gasteiger partial charge in [-0.2, -0.15) is 0 Å². The molecule has 2 rings (SSSR count). The molecule has 0 aromatic heterocycles. The molecule has 1 aromatic rings. The molecule has 0 atom stereocenters. The number of para-hydroxylation sites is 1. The molecule has 0 unspecified atom stereocenters. The fourth-order valence-electron chi connectivity index (χ4n) is 3.01. The van der Waals surface area contributed by atoms with Crippen LogP contribution < -0.4 is 4.74 Å². The molecule has 1 aliphatic carbocycles. The molecule has 0 saturated heterocycles. The number of hydrogen-bond acceptors (Lipinski definition) is 3. The van der Waals surface area contributed by atoms with E-state index in [4.69, 9.17) is 4.74 Å². The number of nitrogens with zero attached hydrogens (tertiary/aromatic N) is 1. The Kier molecular flexibility index (Phi) is 7.64. The molecule has 22 heavy (non-hydrogen) atoms. The average molecular weight is 321 g/mol.